The summed E-state index contributed by atoms with van der Waals surface area (Å²) in [5.41, 5.74) is 3.70. The lowest BCUT2D eigenvalue weighted by Gasteiger charge is -2.23. The summed E-state index contributed by atoms with van der Waals surface area (Å²) in [6.45, 7) is 2.14. The van der Waals surface area contributed by atoms with Gasteiger partial charge in [-0.2, -0.15) is 13.2 Å². The van der Waals surface area contributed by atoms with Gasteiger partial charge in [0, 0.05) is 40.8 Å². The average molecular weight is 601 g/mol. The highest BCUT2D eigenvalue weighted by molar-refractivity contribution is 7.90. The van der Waals surface area contributed by atoms with Gasteiger partial charge in [-0.15, -0.1) is 0 Å². The molecule has 3 aromatic rings. The first-order valence-electron chi connectivity index (χ1n) is 11.9. The Labute approximate surface area is 234 Å². The molecule has 0 unspecified atom stereocenters. The molecule has 0 saturated carbocycles. The molecule has 0 radical (unpaired) electrons. The number of amides is 1. The van der Waals surface area contributed by atoms with Crippen LogP contribution in [-0.4, -0.2) is 46.0 Å². The van der Waals surface area contributed by atoms with Crippen molar-refractivity contribution in [3.05, 3.63) is 81.3 Å². The zero-order valence-corrected chi connectivity index (χ0v) is 23.3. The molecule has 0 spiro atoms. The molecule has 1 amide bonds. The van der Waals surface area contributed by atoms with E-state index in [4.69, 9.17) is 27.9 Å². The highest BCUT2D eigenvalue weighted by atomic mass is 35.5. The Kier molecular flexibility index (Phi) is 8.39. The van der Waals surface area contributed by atoms with E-state index in [2.05, 4.69) is 11.4 Å². The Balaban J connectivity index is 0.000000292. The van der Waals surface area contributed by atoms with Crippen molar-refractivity contribution in [3.8, 4) is 5.75 Å². The number of nitrogens with one attached hydrogen (secondary N) is 1. The van der Waals surface area contributed by atoms with Gasteiger partial charge in [-0.1, -0.05) is 35.3 Å². The Bertz CT molecular complexity index is 1510. The standard InChI is InChI=1S/C19H17ClF3NO4S.C8H8ClN/c1-11(19(21,22)23)28-17-6-5-14(29(2,26)27)10-15(17)18(25)24-8-7-12-3-4-13(20)9-16(12)24;9-7-2-1-6-3-4-10-8(6)5-7/h3-6,9-11H,7-8H2,1-2H3;1-2,5,10H,3-4H2/t11-;/m0./s1. The summed E-state index contributed by atoms with van der Waals surface area (Å²) in [5.74, 6) is -1.01. The van der Waals surface area contributed by atoms with E-state index in [0.29, 0.717) is 17.1 Å². The summed E-state index contributed by atoms with van der Waals surface area (Å²) in [4.78, 5) is 14.3. The second kappa shape index (κ2) is 11.3. The lowest BCUT2D eigenvalue weighted by Crippen LogP contribution is -2.33. The normalized spacial score (nSPS) is 15.0. The smallest absolute Gasteiger partial charge is 0.425 e. The molecule has 5 rings (SSSR count). The third-order valence-electron chi connectivity index (χ3n) is 6.34. The molecule has 1 atom stereocenters. The van der Waals surface area contributed by atoms with Crippen LogP contribution in [0.2, 0.25) is 10.0 Å². The largest absolute Gasteiger partial charge is 0.480 e. The number of benzene rings is 3. The van der Waals surface area contributed by atoms with Crippen LogP contribution >= 0.6 is 23.2 Å². The Morgan fingerprint density at radius 1 is 1.00 bits per heavy atom. The maximum Gasteiger partial charge on any atom is 0.425 e. The maximum atomic E-state index is 13.2. The molecule has 0 aliphatic carbocycles. The van der Waals surface area contributed by atoms with Crippen LogP contribution in [0, 0.1) is 0 Å². The number of carbonyl (C=O) groups is 1. The number of anilines is 2. The van der Waals surface area contributed by atoms with Crippen LogP contribution in [0.5, 0.6) is 5.75 Å². The van der Waals surface area contributed by atoms with E-state index >= 15 is 0 Å². The topological polar surface area (TPSA) is 75.7 Å². The van der Waals surface area contributed by atoms with Gasteiger partial charge in [-0.3, -0.25) is 4.79 Å². The monoisotopic (exact) mass is 600 g/mol. The van der Waals surface area contributed by atoms with Crippen LogP contribution in [0.25, 0.3) is 0 Å². The first kappa shape index (κ1) is 29.0. The SMILES string of the molecule is C[C@H](Oc1ccc(S(C)(=O)=O)cc1C(=O)N1CCc2ccc(Cl)cc21)C(F)(F)F.Clc1ccc2c(c1)NCC2. The Morgan fingerprint density at radius 2 is 1.67 bits per heavy atom. The molecule has 2 aliphatic rings. The Hall–Kier alpha value is -2.95. The number of hydrogen-bond donors (Lipinski definition) is 1. The minimum Gasteiger partial charge on any atom is -0.480 e. The zero-order valence-electron chi connectivity index (χ0n) is 21.0. The van der Waals surface area contributed by atoms with E-state index in [1.165, 1.54) is 16.2 Å². The third kappa shape index (κ3) is 6.80. The van der Waals surface area contributed by atoms with Crippen LogP contribution in [0.3, 0.4) is 0 Å². The van der Waals surface area contributed by atoms with Crippen molar-refractivity contribution in [1.82, 2.24) is 0 Å². The van der Waals surface area contributed by atoms with Gasteiger partial charge >= 0.3 is 6.18 Å². The van der Waals surface area contributed by atoms with Crippen molar-refractivity contribution in [3.63, 3.8) is 0 Å². The van der Waals surface area contributed by atoms with Crippen molar-refractivity contribution in [2.24, 2.45) is 0 Å². The van der Waals surface area contributed by atoms with Crippen molar-refractivity contribution < 1.29 is 31.1 Å². The number of halogens is 5. The van der Waals surface area contributed by atoms with Crippen LogP contribution in [0.4, 0.5) is 24.5 Å². The van der Waals surface area contributed by atoms with Crippen molar-refractivity contribution in [1.29, 1.82) is 0 Å². The minimum atomic E-state index is -4.65. The zero-order chi connectivity index (χ0) is 28.5. The molecule has 6 nitrogen and oxygen atoms in total. The van der Waals surface area contributed by atoms with Gasteiger partial charge in [0.2, 0.25) is 0 Å². The number of fused-ring (bicyclic) bond motifs is 2. The highest BCUT2D eigenvalue weighted by Gasteiger charge is 2.39. The molecule has 2 heterocycles. The molecule has 208 valence electrons. The van der Waals surface area contributed by atoms with E-state index < -0.39 is 28.0 Å². The summed E-state index contributed by atoms with van der Waals surface area (Å²) < 4.78 is 67.6. The van der Waals surface area contributed by atoms with Gasteiger partial charge in [0.1, 0.15) is 5.75 Å². The number of carbonyl (C=O) groups excluding carboxylic acids is 1. The lowest BCUT2D eigenvalue weighted by atomic mass is 10.1. The van der Waals surface area contributed by atoms with E-state index in [-0.39, 0.29) is 22.8 Å². The number of ether oxygens (including phenoxy) is 1. The molecule has 3 aromatic carbocycles. The fraction of sp³-hybridized carbons (Fsp3) is 0.296. The number of nitrogens with zero attached hydrogens (tertiary/aromatic N) is 1. The van der Waals surface area contributed by atoms with Crippen molar-refractivity contribution in [2.45, 2.75) is 36.9 Å². The van der Waals surface area contributed by atoms with Crippen molar-refractivity contribution >= 4 is 50.3 Å². The molecule has 0 saturated heterocycles. The molecular weight excluding hydrogens is 576 g/mol. The van der Waals surface area contributed by atoms with Crippen LogP contribution < -0.4 is 15.0 Å². The fourth-order valence-electron chi connectivity index (χ4n) is 4.24. The predicted octanol–water partition coefficient (Wildman–Crippen LogP) is 6.58. The summed E-state index contributed by atoms with van der Waals surface area (Å²) in [6, 6.07) is 14.2. The van der Waals surface area contributed by atoms with Crippen LogP contribution in [0.1, 0.15) is 28.4 Å². The van der Waals surface area contributed by atoms with Crippen LogP contribution in [-0.2, 0) is 22.7 Å². The molecule has 0 aromatic heterocycles. The fourth-order valence-corrected chi connectivity index (χ4v) is 5.22. The summed E-state index contributed by atoms with van der Waals surface area (Å²) in [7, 11) is -3.69. The molecule has 0 fully saturated rings. The average Bonchev–Trinajstić information content (AvgIpc) is 3.49. The molecule has 0 bridgehead atoms. The summed E-state index contributed by atoms with van der Waals surface area (Å²) >= 11 is 11.8. The van der Waals surface area contributed by atoms with E-state index in [1.807, 2.05) is 12.1 Å². The summed E-state index contributed by atoms with van der Waals surface area (Å²) in [5, 5.41) is 4.47. The third-order valence-corrected chi connectivity index (χ3v) is 7.92. The van der Waals surface area contributed by atoms with Gasteiger partial charge in [0.25, 0.3) is 5.91 Å². The van der Waals surface area contributed by atoms with E-state index in [9.17, 15) is 26.4 Å². The number of rotatable bonds is 4. The van der Waals surface area contributed by atoms with Gasteiger partial charge in [-0.25, -0.2) is 8.42 Å². The Morgan fingerprint density at radius 3 is 2.33 bits per heavy atom. The minimum absolute atomic E-state index is 0.196. The quantitative estimate of drug-likeness (QED) is 0.366. The molecule has 2 aliphatic heterocycles. The molecular formula is C27H25Cl2F3N2O4S. The van der Waals surface area contributed by atoms with E-state index in [0.717, 1.165) is 54.9 Å². The summed E-state index contributed by atoms with van der Waals surface area (Å²) in [6.07, 6.45) is -4.21. The molecule has 12 heteroatoms. The van der Waals surface area contributed by atoms with Gasteiger partial charge in [-0.05, 0) is 73.4 Å². The molecule has 1 N–H and O–H groups in total. The number of hydrogen-bond acceptors (Lipinski definition) is 5. The molecule has 39 heavy (non-hydrogen) atoms. The maximum absolute atomic E-state index is 13.2. The second-order valence-electron chi connectivity index (χ2n) is 9.19. The van der Waals surface area contributed by atoms with Gasteiger partial charge in [0.05, 0.1) is 10.5 Å². The lowest BCUT2D eigenvalue weighted by molar-refractivity contribution is -0.189. The first-order valence-corrected chi connectivity index (χ1v) is 14.6. The number of sulfone groups is 1. The predicted molar refractivity (Wildman–Crippen MR) is 146 cm³/mol. The van der Waals surface area contributed by atoms with Crippen molar-refractivity contribution in [2.75, 3.05) is 29.6 Å². The number of alkyl halides is 3. The second-order valence-corrected chi connectivity index (χ2v) is 12.1. The van der Waals surface area contributed by atoms with Gasteiger partial charge < -0.3 is 15.0 Å². The van der Waals surface area contributed by atoms with Gasteiger partial charge in [0.15, 0.2) is 15.9 Å². The van der Waals surface area contributed by atoms with E-state index in [1.54, 1.807) is 18.2 Å². The van der Waals surface area contributed by atoms with Crippen LogP contribution in [0.15, 0.2) is 59.5 Å². The first-order chi connectivity index (χ1) is 18.2. The highest BCUT2D eigenvalue weighted by Crippen LogP contribution is 2.35.